The molecule has 7 aromatic rings. The zero-order valence-electron chi connectivity index (χ0n) is 35.4. The zero-order valence-corrected chi connectivity index (χ0v) is 36.3. The van der Waals surface area contributed by atoms with Crippen LogP contribution in [0.15, 0.2) is 81.1 Å². The van der Waals surface area contributed by atoms with Crippen LogP contribution in [0, 0.1) is 25.6 Å². The topological polar surface area (TPSA) is 168 Å². The van der Waals surface area contributed by atoms with Gasteiger partial charge in [0.05, 0.1) is 17.4 Å². The van der Waals surface area contributed by atoms with E-state index < -0.39 is 30.2 Å². The smallest absolute Gasteiger partial charge is 0.381 e. The molecule has 0 spiro atoms. The summed E-state index contributed by atoms with van der Waals surface area (Å²) in [7, 11) is -2.74. The van der Waals surface area contributed by atoms with E-state index in [-0.39, 0.29) is 17.6 Å². The van der Waals surface area contributed by atoms with E-state index in [4.69, 9.17) is 14.4 Å². The van der Waals surface area contributed by atoms with Crippen LogP contribution in [-0.2, 0) is 21.3 Å². The van der Waals surface area contributed by atoms with Crippen molar-refractivity contribution >= 4 is 29.4 Å². The maximum absolute atomic E-state index is 15.4. The fraction of sp³-hybridized carbons (Fsp3) is 0.378. The minimum Gasteiger partial charge on any atom is -0.381 e. The third-order valence-electron chi connectivity index (χ3n) is 13.2. The van der Waals surface area contributed by atoms with E-state index in [9.17, 15) is 14.2 Å². The van der Waals surface area contributed by atoms with Crippen LogP contribution >= 0.6 is 7.14 Å². The molecule has 320 valence electrons. The van der Waals surface area contributed by atoms with Crippen molar-refractivity contribution in [3.8, 4) is 17.3 Å². The first kappa shape index (κ1) is 40.0. The quantitative estimate of drug-likeness (QED) is 0.173. The predicted octanol–water partition coefficient (Wildman–Crippen LogP) is 6.28. The first-order chi connectivity index (χ1) is 29.6. The van der Waals surface area contributed by atoms with E-state index >= 15 is 9.18 Å². The summed E-state index contributed by atoms with van der Waals surface area (Å²) in [5.74, 6) is 0.188. The molecule has 5 aromatic heterocycles. The van der Waals surface area contributed by atoms with E-state index in [0.717, 1.165) is 23.7 Å². The van der Waals surface area contributed by atoms with Crippen molar-refractivity contribution in [2.24, 2.45) is 5.92 Å². The molecule has 7 heterocycles. The zero-order chi connectivity index (χ0) is 43.4. The van der Waals surface area contributed by atoms with Gasteiger partial charge in [-0.2, -0.15) is 5.10 Å². The van der Waals surface area contributed by atoms with E-state index in [1.807, 2.05) is 22.5 Å². The second-order valence-corrected chi connectivity index (χ2v) is 20.6. The number of fused-ring (bicyclic) bond motifs is 2. The van der Waals surface area contributed by atoms with Gasteiger partial charge in [-0.3, -0.25) is 23.4 Å². The molecule has 1 saturated carbocycles. The van der Waals surface area contributed by atoms with Gasteiger partial charge in [-0.15, -0.1) is 0 Å². The van der Waals surface area contributed by atoms with Crippen LogP contribution in [0.5, 0.6) is 0 Å². The Labute approximate surface area is 355 Å². The number of imidazole rings is 1. The molecule has 3 aliphatic rings. The summed E-state index contributed by atoms with van der Waals surface area (Å²) in [5, 5.41) is 10.1. The summed E-state index contributed by atoms with van der Waals surface area (Å²) < 4.78 is 45.3. The van der Waals surface area contributed by atoms with Gasteiger partial charge in [0.25, 0.3) is 5.91 Å². The van der Waals surface area contributed by atoms with Crippen molar-refractivity contribution in [2.45, 2.75) is 70.9 Å². The Balaban J connectivity index is 1.12. The predicted molar refractivity (Wildman–Crippen MR) is 231 cm³/mol. The number of ether oxygens (including phenoxy) is 1. The maximum atomic E-state index is 15.4. The molecular formula is C45H47FN9O6P. The lowest BCUT2D eigenvalue weighted by Crippen LogP contribution is -2.41. The molecule has 15 nitrogen and oxygen atoms in total. The van der Waals surface area contributed by atoms with Crippen molar-refractivity contribution in [3.63, 3.8) is 0 Å². The molecule has 1 saturated heterocycles. The van der Waals surface area contributed by atoms with Crippen LogP contribution < -0.4 is 16.9 Å². The first-order valence-electron chi connectivity index (χ1n) is 21.0. The van der Waals surface area contributed by atoms with E-state index in [2.05, 4.69) is 40.2 Å². The summed E-state index contributed by atoms with van der Waals surface area (Å²) in [5.41, 5.74) is 4.32. The molecule has 3 unspecified atom stereocenters. The van der Waals surface area contributed by atoms with Crippen molar-refractivity contribution < 1.29 is 23.0 Å². The SMILES string of the molecule is Cc1cc(-n2nc3c(c2-n2ccn(-c4cccc(P(C)(C)=O)n4)c2=O)C(C)N(C(=O)c2cc4cc(C5CCOCC5)ccc4n2C2(c4noc(=O)[nH]4)CC2C)CC3)cc(C)c1F. The number of rotatable bonds is 8. The Hall–Kier alpha value is -6.12. The van der Waals surface area contributed by atoms with Crippen molar-refractivity contribution in [1.82, 2.24) is 43.5 Å². The number of aromatic nitrogens is 8. The summed E-state index contributed by atoms with van der Waals surface area (Å²) >= 11 is 0. The number of nitrogens with one attached hydrogen (secondary N) is 1. The largest absolute Gasteiger partial charge is 0.438 e. The van der Waals surface area contributed by atoms with Crippen molar-refractivity contribution in [2.75, 3.05) is 33.1 Å². The summed E-state index contributed by atoms with van der Waals surface area (Å²) in [6.07, 6.45) is 6.05. The first-order valence-corrected chi connectivity index (χ1v) is 23.6. The fourth-order valence-electron chi connectivity index (χ4n) is 9.77. The normalized spacial score (nSPS) is 20.5. The maximum Gasteiger partial charge on any atom is 0.438 e. The molecule has 0 bridgehead atoms. The molecule has 1 aliphatic carbocycles. The number of hydrogen-bond acceptors (Lipinski definition) is 9. The molecule has 3 atom stereocenters. The third kappa shape index (κ3) is 6.28. The molecule has 0 radical (unpaired) electrons. The Kier molecular flexibility index (Phi) is 9.34. The van der Waals surface area contributed by atoms with Crippen molar-refractivity contribution in [3.05, 3.63) is 133 Å². The number of hydrogen-bond donors (Lipinski definition) is 1. The van der Waals surface area contributed by atoms with Gasteiger partial charge in [-0.25, -0.2) is 23.6 Å². The molecule has 1 amide bonds. The Morgan fingerprint density at radius 1 is 0.984 bits per heavy atom. The van der Waals surface area contributed by atoms with Gasteiger partial charge < -0.3 is 18.8 Å². The van der Waals surface area contributed by atoms with Gasteiger partial charge in [0.15, 0.2) is 5.82 Å². The molecule has 10 rings (SSSR count). The number of carbonyl (C=O) groups excluding carboxylic acids is 1. The lowest BCUT2D eigenvalue weighted by atomic mass is 9.91. The van der Waals surface area contributed by atoms with Crippen LogP contribution in [0.25, 0.3) is 28.2 Å². The van der Waals surface area contributed by atoms with Crippen LogP contribution in [0.2, 0.25) is 0 Å². The Bertz CT molecular complexity index is 3100. The van der Waals surface area contributed by atoms with E-state index in [1.54, 1.807) is 74.6 Å². The van der Waals surface area contributed by atoms with Crippen LogP contribution in [0.1, 0.15) is 89.3 Å². The van der Waals surface area contributed by atoms with Gasteiger partial charge in [0, 0.05) is 55.0 Å². The van der Waals surface area contributed by atoms with E-state index in [0.29, 0.717) is 95.2 Å². The number of aromatic amines is 1. The summed E-state index contributed by atoms with van der Waals surface area (Å²) in [6, 6.07) is 16.2. The number of aryl methyl sites for hydroxylation is 2. The second-order valence-electron chi connectivity index (χ2n) is 17.5. The van der Waals surface area contributed by atoms with Gasteiger partial charge in [0.1, 0.15) is 41.3 Å². The minimum atomic E-state index is -2.74. The molecule has 17 heteroatoms. The number of halogens is 1. The highest BCUT2D eigenvalue weighted by atomic mass is 31.2. The molecular weight excluding hydrogens is 813 g/mol. The molecule has 2 fully saturated rings. The molecule has 1 N–H and O–H groups in total. The van der Waals surface area contributed by atoms with Crippen LogP contribution in [0.3, 0.4) is 0 Å². The number of benzene rings is 2. The summed E-state index contributed by atoms with van der Waals surface area (Å²) in [4.78, 5) is 51.6. The van der Waals surface area contributed by atoms with Crippen molar-refractivity contribution in [1.29, 1.82) is 0 Å². The number of nitrogens with zero attached hydrogens (tertiary/aromatic N) is 8. The molecule has 62 heavy (non-hydrogen) atoms. The fourth-order valence-corrected chi connectivity index (χ4v) is 10.6. The highest BCUT2D eigenvalue weighted by Gasteiger charge is 2.59. The average molecular weight is 860 g/mol. The van der Waals surface area contributed by atoms with Gasteiger partial charge in [-0.1, -0.05) is 24.2 Å². The highest BCUT2D eigenvalue weighted by Crippen LogP contribution is 2.56. The molecule has 2 aliphatic heterocycles. The van der Waals surface area contributed by atoms with E-state index in [1.165, 1.54) is 14.7 Å². The average Bonchev–Trinajstić information content (AvgIpc) is 3.75. The summed E-state index contributed by atoms with van der Waals surface area (Å²) in [6.45, 7) is 12.3. The number of pyridine rings is 1. The molecule has 2 aromatic carbocycles. The van der Waals surface area contributed by atoms with Gasteiger partial charge in [0.2, 0.25) is 0 Å². The third-order valence-corrected chi connectivity index (χ3v) is 14.5. The number of amides is 1. The van der Waals surface area contributed by atoms with Gasteiger partial charge in [-0.05, 0) is 124 Å². The lowest BCUT2D eigenvalue weighted by Gasteiger charge is -2.34. The van der Waals surface area contributed by atoms with Gasteiger partial charge >= 0.3 is 11.4 Å². The Morgan fingerprint density at radius 2 is 1.71 bits per heavy atom. The number of H-pyrrole nitrogens is 1. The monoisotopic (exact) mass is 859 g/mol. The Morgan fingerprint density at radius 3 is 2.39 bits per heavy atom. The second kappa shape index (κ2) is 14.5. The highest BCUT2D eigenvalue weighted by molar-refractivity contribution is 7.69. The number of carbonyl (C=O) groups is 1. The minimum absolute atomic E-state index is 0.0195. The lowest BCUT2D eigenvalue weighted by molar-refractivity contribution is 0.0663. The van der Waals surface area contributed by atoms with Crippen LogP contribution in [0.4, 0.5) is 4.39 Å². The van der Waals surface area contributed by atoms with Crippen LogP contribution in [-0.4, -0.2) is 82.5 Å². The standard InChI is InChI=1S/C45H47FN9O6P/c1-25-20-32(21-26(2)39(25)46)55-40(53-17-16-52(44(53)58)36-8-7-9-37(47-36)62(5,6)59)38-28(4)51(15-12-33(38)49-55)41(56)35-23-31-22-30(29-13-18-60-19-14-29)10-11-34(31)54(35)45(24-27(45)3)42-48-43(57)61-50-42/h7-11,16-17,20-23,27-29H,12-15,18-19,24H2,1-6H3,(H,48,50,57).